The van der Waals surface area contributed by atoms with Gasteiger partial charge in [-0.3, -0.25) is 0 Å². The second kappa shape index (κ2) is 4.84. The summed E-state index contributed by atoms with van der Waals surface area (Å²) < 4.78 is 0. The number of aryl methyl sites for hydroxylation is 1. The zero-order valence-corrected chi connectivity index (χ0v) is 7.72. The number of thiol groups is 1. The Kier molecular flexibility index (Phi) is 3.69. The molecule has 0 fully saturated rings. The summed E-state index contributed by atoms with van der Waals surface area (Å²) in [4.78, 5) is 1.02. The predicted molar refractivity (Wildman–Crippen MR) is 52.2 cm³/mol. The lowest BCUT2D eigenvalue weighted by molar-refractivity contribution is 0.837. The summed E-state index contributed by atoms with van der Waals surface area (Å²) in [5.41, 5.74) is 1.23. The molecule has 1 rings (SSSR count). The first-order valence-electron chi connectivity index (χ1n) is 3.98. The Labute approximate surface area is 78.4 Å². The average molecular weight is 177 g/mol. The molecule has 0 saturated carbocycles. The van der Waals surface area contributed by atoms with Crippen LogP contribution in [0.3, 0.4) is 0 Å². The predicted octanol–water partition coefficient (Wildman–Crippen LogP) is 2.82. The lowest BCUT2D eigenvalue weighted by Crippen LogP contribution is -1.85. The van der Waals surface area contributed by atoms with Gasteiger partial charge in [0.2, 0.25) is 0 Å². The number of benzene rings is 1. The molecule has 0 aromatic heterocycles. The van der Waals surface area contributed by atoms with Gasteiger partial charge in [0.15, 0.2) is 0 Å². The smallest absolute Gasteiger partial charge is 0.0621 e. The van der Waals surface area contributed by atoms with E-state index < -0.39 is 0 Å². The lowest BCUT2D eigenvalue weighted by atomic mass is 10.1. The zero-order chi connectivity index (χ0) is 8.81. The van der Waals surface area contributed by atoms with Crippen molar-refractivity contribution in [3.8, 4) is 6.07 Å². The van der Waals surface area contributed by atoms with Crippen LogP contribution >= 0.6 is 12.6 Å². The summed E-state index contributed by atoms with van der Waals surface area (Å²) in [6.07, 6.45) is 2.50. The minimum atomic E-state index is 0.627. The Morgan fingerprint density at radius 2 is 2.08 bits per heavy atom. The quantitative estimate of drug-likeness (QED) is 0.557. The van der Waals surface area contributed by atoms with Crippen LogP contribution in [0, 0.1) is 11.3 Å². The molecule has 2 heteroatoms. The monoisotopic (exact) mass is 177 g/mol. The van der Waals surface area contributed by atoms with Crippen LogP contribution in [0.1, 0.15) is 18.4 Å². The van der Waals surface area contributed by atoms with Gasteiger partial charge in [0.25, 0.3) is 0 Å². The van der Waals surface area contributed by atoms with E-state index in [4.69, 9.17) is 5.26 Å². The van der Waals surface area contributed by atoms with Crippen LogP contribution in [0.25, 0.3) is 0 Å². The number of unbranched alkanes of at least 4 members (excludes halogenated alkanes) is 1. The van der Waals surface area contributed by atoms with E-state index in [1.165, 1.54) is 5.56 Å². The second-order valence-electron chi connectivity index (χ2n) is 2.64. The maximum absolute atomic E-state index is 8.34. The number of hydrogen-bond donors (Lipinski definition) is 1. The van der Waals surface area contributed by atoms with Crippen molar-refractivity contribution in [3.63, 3.8) is 0 Å². The second-order valence-corrected chi connectivity index (χ2v) is 3.12. The average Bonchev–Trinajstić information content (AvgIpc) is 2.09. The minimum absolute atomic E-state index is 0.627. The summed E-state index contributed by atoms with van der Waals surface area (Å²) in [7, 11) is 0. The van der Waals surface area contributed by atoms with Crippen molar-refractivity contribution < 1.29 is 0 Å². The van der Waals surface area contributed by atoms with E-state index in [2.05, 4.69) is 24.8 Å². The Morgan fingerprint density at radius 3 is 2.75 bits per heavy atom. The Bertz CT molecular complexity index is 288. The maximum atomic E-state index is 8.34. The van der Waals surface area contributed by atoms with Gasteiger partial charge in [-0.25, -0.2) is 0 Å². The van der Waals surface area contributed by atoms with Crippen LogP contribution in [0.2, 0.25) is 0 Å². The first-order chi connectivity index (χ1) is 5.84. The third-order valence-electron chi connectivity index (χ3n) is 1.73. The van der Waals surface area contributed by atoms with Crippen LogP contribution in [-0.4, -0.2) is 0 Å². The molecule has 0 N–H and O–H groups in total. The first kappa shape index (κ1) is 9.15. The van der Waals surface area contributed by atoms with E-state index in [1.54, 1.807) is 0 Å². The van der Waals surface area contributed by atoms with Crippen molar-refractivity contribution in [2.45, 2.75) is 24.2 Å². The largest absolute Gasteiger partial charge is 0.198 e. The van der Waals surface area contributed by atoms with E-state index in [-0.39, 0.29) is 0 Å². The van der Waals surface area contributed by atoms with Gasteiger partial charge in [-0.05, 0) is 24.5 Å². The molecule has 0 radical (unpaired) electrons. The fraction of sp³-hybridized carbons (Fsp3) is 0.300. The Balaban J connectivity index is 2.53. The molecule has 0 aliphatic carbocycles. The maximum Gasteiger partial charge on any atom is 0.0621 e. The summed E-state index contributed by atoms with van der Waals surface area (Å²) in [5, 5.41) is 8.34. The van der Waals surface area contributed by atoms with E-state index in [9.17, 15) is 0 Å². The number of nitrogens with zero attached hydrogens (tertiary/aromatic N) is 1. The highest BCUT2D eigenvalue weighted by Crippen LogP contribution is 2.14. The Hall–Kier alpha value is -0.940. The molecule has 1 aromatic carbocycles. The van der Waals surface area contributed by atoms with Crippen LogP contribution in [0.4, 0.5) is 0 Å². The van der Waals surface area contributed by atoms with Crippen molar-refractivity contribution in [1.82, 2.24) is 0 Å². The van der Waals surface area contributed by atoms with Gasteiger partial charge >= 0.3 is 0 Å². The van der Waals surface area contributed by atoms with Crippen molar-refractivity contribution in [2.75, 3.05) is 0 Å². The number of hydrogen-bond acceptors (Lipinski definition) is 2. The van der Waals surface area contributed by atoms with Gasteiger partial charge in [0.1, 0.15) is 0 Å². The third kappa shape index (κ3) is 2.60. The summed E-state index contributed by atoms with van der Waals surface area (Å²) in [6, 6.07) is 10.1. The third-order valence-corrected chi connectivity index (χ3v) is 2.16. The summed E-state index contributed by atoms with van der Waals surface area (Å²) in [5.74, 6) is 0. The molecule has 12 heavy (non-hydrogen) atoms. The van der Waals surface area contributed by atoms with Crippen LogP contribution in [0.15, 0.2) is 29.2 Å². The molecule has 1 nitrogen and oxygen atoms in total. The standard InChI is InChI=1S/C10H11NS/c11-8-4-3-6-9-5-1-2-7-10(9)12/h1-2,5,7,12H,3-4,6H2. The molecule has 0 unspecified atom stereocenters. The SMILES string of the molecule is N#CCCCc1ccccc1S. The molecule has 0 aliphatic heterocycles. The molecule has 0 atom stereocenters. The summed E-state index contributed by atoms with van der Waals surface area (Å²) in [6.45, 7) is 0. The van der Waals surface area contributed by atoms with Crippen molar-refractivity contribution in [3.05, 3.63) is 29.8 Å². The molecule has 0 aliphatic rings. The number of nitriles is 1. The molecule has 0 heterocycles. The highest BCUT2D eigenvalue weighted by Gasteiger charge is 1.96. The van der Waals surface area contributed by atoms with Crippen molar-refractivity contribution in [1.29, 1.82) is 5.26 Å². The first-order valence-corrected chi connectivity index (χ1v) is 4.43. The van der Waals surface area contributed by atoms with Crippen LogP contribution in [0.5, 0.6) is 0 Å². The molecular formula is C10H11NS. The highest BCUT2D eigenvalue weighted by molar-refractivity contribution is 7.80. The fourth-order valence-corrected chi connectivity index (χ4v) is 1.35. The fourth-order valence-electron chi connectivity index (χ4n) is 1.08. The molecule has 0 bridgehead atoms. The molecular weight excluding hydrogens is 166 g/mol. The topological polar surface area (TPSA) is 23.8 Å². The zero-order valence-electron chi connectivity index (χ0n) is 6.83. The van der Waals surface area contributed by atoms with Gasteiger partial charge < -0.3 is 0 Å². The Morgan fingerprint density at radius 1 is 1.33 bits per heavy atom. The highest BCUT2D eigenvalue weighted by atomic mass is 32.1. The van der Waals surface area contributed by atoms with Crippen molar-refractivity contribution in [2.24, 2.45) is 0 Å². The van der Waals surface area contributed by atoms with E-state index in [0.29, 0.717) is 6.42 Å². The number of rotatable bonds is 3. The van der Waals surface area contributed by atoms with E-state index >= 15 is 0 Å². The van der Waals surface area contributed by atoms with Gasteiger partial charge in [0, 0.05) is 11.3 Å². The minimum Gasteiger partial charge on any atom is -0.198 e. The molecule has 62 valence electrons. The van der Waals surface area contributed by atoms with Crippen LogP contribution < -0.4 is 0 Å². The summed E-state index contributed by atoms with van der Waals surface area (Å²) >= 11 is 4.32. The lowest BCUT2D eigenvalue weighted by Gasteiger charge is -2.01. The molecule has 0 amide bonds. The van der Waals surface area contributed by atoms with Gasteiger partial charge in [-0.1, -0.05) is 18.2 Å². The molecule has 1 aromatic rings. The van der Waals surface area contributed by atoms with Crippen LogP contribution in [-0.2, 0) is 6.42 Å². The van der Waals surface area contributed by atoms with Gasteiger partial charge in [-0.2, -0.15) is 5.26 Å². The van der Waals surface area contributed by atoms with Gasteiger partial charge in [-0.15, -0.1) is 12.6 Å². The molecule has 0 saturated heterocycles. The van der Waals surface area contributed by atoms with E-state index in [1.807, 2.05) is 18.2 Å². The van der Waals surface area contributed by atoms with E-state index in [0.717, 1.165) is 17.7 Å². The van der Waals surface area contributed by atoms with Gasteiger partial charge in [0.05, 0.1) is 6.07 Å². The normalized spacial score (nSPS) is 9.33. The van der Waals surface area contributed by atoms with Crippen molar-refractivity contribution >= 4 is 12.6 Å². The molecule has 0 spiro atoms.